The van der Waals surface area contributed by atoms with E-state index in [-0.39, 0.29) is 62.7 Å². The summed E-state index contributed by atoms with van der Waals surface area (Å²) in [6.07, 6.45) is -0.118. The average Bonchev–Trinajstić information content (AvgIpc) is 0.815. The van der Waals surface area contributed by atoms with Crippen LogP contribution < -0.4 is 21.3 Å². The molecule has 5 N–H and O–H groups in total. The maximum atomic E-state index is 16.3. The van der Waals surface area contributed by atoms with Gasteiger partial charge in [0.15, 0.2) is 0 Å². The van der Waals surface area contributed by atoms with Gasteiger partial charge in [0.25, 0.3) is 0 Å². The number of rotatable bonds is 24. The third-order valence-electron chi connectivity index (χ3n) is 23.8. The maximum absolute atomic E-state index is 16.3. The molecule has 0 unspecified atom stereocenters. The number of benzene rings is 4. The topological polar surface area (TPSA) is 340 Å². The Morgan fingerprint density at radius 2 is 0.817 bits per heavy atom. The molecular weight excluding hydrogens is 1530 g/mol. The second-order valence-corrected chi connectivity index (χ2v) is 34.2. The number of carbonyl (C=O) groups excluding carboxylic acids is 14. The first kappa shape index (κ1) is 98.2. The number of nitrogens with one attached hydrogen (secondary N) is 4. The molecule has 0 radical (unpaired) electrons. The summed E-state index contributed by atoms with van der Waals surface area (Å²) in [6, 6.07) is 16.6. The highest BCUT2D eigenvalue weighted by Gasteiger charge is 2.47. The Balaban J connectivity index is 1.57. The minimum absolute atomic E-state index is 0.0258. The van der Waals surface area contributed by atoms with E-state index >= 15 is 57.5 Å². The van der Waals surface area contributed by atoms with Crippen molar-refractivity contribution in [2.24, 2.45) is 23.7 Å². The molecule has 658 valence electrons. The van der Waals surface area contributed by atoms with Crippen LogP contribution in [-0.4, -0.2) is 298 Å². The second-order valence-electron chi connectivity index (χ2n) is 34.2. The molecular formula is C91H134N14O15. The van der Waals surface area contributed by atoms with E-state index in [9.17, 15) is 14.7 Å². The van der Waals surface area contributed by atoms with Gasteiger partial charge >= 0.3 is 0 Å². The highest BCUT2D eigenvalue weighted by atomic mass is 16.3. The first-order valence-electron chi connectivity index (χ1n) is 42.3. The van der Waals surface area contributed by atoms with E-state index in [2.05, 4.69) is 21.3 Å². The number of likely N-dealkylation sites (tertiary alicyclic amines) is 1. The molecule has 0 spiro atoms. The number of hydrogen-bond acceptors (Lipinski definition) is 15. The highest BCUT2D eigenvalue weighted by molar-refractivity contribution is 6.01. The van der Waals surface area contributed by atoms with Crippen molar-refractivity contribution in [2.75, 3.05) is 76.5 Å². The Morgan fingerprint density at radius 3 is 1.27 bits per heavy atom. The number of nitrogens with zero attached hydrogens (tertiary/aromatic N) is 10. The summed E-state index contributed by atoms with van der Waals surface area (Å²) in [5, 5.41) is 23.1. The van der Waals surface area contributed by atoms with Gasteiger partial charge in [-0.1, -0.05) is 183 Å². The van der Waals surface area contributed by atoms with Gasteiger partial charge in [-0.2, -0.15) is 0 Å². The van der Waals surface area contributed by atoms with Crippen LogP contribution in [0.2, 0.25) is 0 Å². The van der Waals surface area contributed by atoms with Crippen molar-refractivity contribution in [3.63, 3.8) is 0 Å². The van der Waals surface area contributed by atoms with Crippen LogP contribution in [0.25, 0.3) is 0 Å². The molecule has 0 bridgehead atoms. The number of carbonyl (C=O) groups is 14. The van der Waals surface area contributed by atoms with Crippen LogP contribution in [-0.2, 0) is 92.8 Å². The third-order valence-corrected chi connectivity index (χ3v) is 23.8. The molecule has 2 heterocycles. The van der Waals surface area contributed by atoms with Crippen LogP contribution >= 0.6 is 0 Å². The van der Waals surface area contributed by atoms with E-state index in [0.717, 1.165) is 43.8 Å². The van der Waals surface area contributed by atoms with Crippen molar-refractivity contribution in [3.8, 4) is 0 Å². The summed E-state index contributed by atoms with van der Waals surface area (Å²) in [5.41, 5.74) is 2.39. The minimum atomic E-state index is -1.93. The Labute approximate surface area is 710 Å². The SMILES string of the molecule is CC[C@H](C)[C@@H]1NC(=O)[C@H](Cc2ccccc2)N(C)C(=O)[C@H](C)N(C)C(=O)C[C@@H](C(=O)N(C)[C@@H](Cc2ccccc2)C(=O)N(C)[C@@H](Cc2ccccc2)C(=O)N[C@@H](C)C(=O)N2CCCCC2)NC(=O)[C@H](CC(C)C)N(C)C(=O)[C@H](Cc2ccccc2)N(C)C(=O)[C@H]([C@@H](C)O)NC(=O)[C@H](CC(C)C)N(C)C(=O)[C@H](CC(C)C)N(C)C(=O)[C@H](C)N(C)C1=O. The van der Waals surface area contributed by atoms with Gasteiger partial charge in [0.1, 0.15) is 78.5 Å². The molecule has 29 heteroatoms. The van der Waals surface area contributed by atoms with Crippen molar-refractivity contribution in [1.82, 2.24) is 70.3 Å². The van der Waals surface area contributed by atoms with E-state index in [1.165, 1.54) is 104 Å². The van der Waals surface area contributed by atoms with E-state index in [1.807, 2.05) is 34.6 Å². The Bertz CT molecular complexity index is 4130. The standard InChI is InChI=1S/C91H134N14O15/c1-22-59(8)77-90(119)97(14)62(11)85(114)102(19)73(50-58(6)7)87(116)100(17)70(49-57(4)5)81(110)95-78(63(12)106)91(120)104(21)75(54-67-44-34-26-35-45-67)89(118)99(16)69(48-56(2)3)80(109)93-68(55-76(107)96(13)61(10)84(113)98(15)72(82(111)94-77)52-65-40-30-24-31-41-65)86(115)103(20)74(53-66-42-32-25-33-43-66)88(117)101(18)71(51-64-38-28-23-29-39-64)79(108)92-60(9)83(112)105-46-36-27-37-47-105/h23-26,28-35,38-45,56-63,68-75,77-78,106H,22,27,36-37,46-55H2,1-21H3,(H,92,108)(H,93,109)(H,94,111)(H,95,110)/t59-,60-,61-,62-,63+,68-,69-,70-,71-,72-,73-,74-,75-,77-,78-/m0/s1. The Hall–Kier alpha value is -10.6. The van der Waals surface area contributed by atoms with Crippen LogP contribution in [0.5, 0.6) is 0 Å². The number of likely N-dealkylation sites (N-methyl/N-ethyl adjacent to an activating group) is 9. The average molecular weight is 1660 g/mol. The van der Waals surface area contributed by atoms with E-state index in [0.29, 0.717) is 41.8 Å². The third kappa shape index (κ3) is 26.2. The fraction of sp³-hybridized carbons (Fsp3) is 0.582. The number of piperidine rings is 1. The van der Waals surface area contributed by atoms with Crippen LogP contribution in [0.3, 0.4) is 0 Å². The first-order valence-corrected chi connectivity index (χ1v) is 42.3. The fourth-order valence-electron chi connectivity index (χ4n) is 15.5. The molecule has 2 aliphatic rings. The lowest BCUT2D eigenvalue weighted by atomic mass is 9.95. The lowest BCUT2D eigenvalue weighted by Crippen LogP contribution is -2.63. The van der Waals surface area contributed by atoms with Crippen molar-refractivity contribution < 1.29 is 72.2 Å². The second kappa shape index (κ2) is 45.7. The van der Waals surface area contributed by atoms with Gasteiger partial charge in [0, 0.05) is 102 Å². The zero-order valence-corrected chi connectivity index (χ0v) is 74.5. The normalized spacial score (nSPS) is 23.4. The summed E-state index contributed by atoms with van der Waals surface area (Å²) in [4.78, 5) is 228. The number of aliphatic hydroxyl groups excluding tert-OH is 1. The smallest absolute Gasteiger partial charge is 0.248 e. The first-order chi connectivity index (χ1) is 56.5. The van der Waals surface area contributed by atoms with E-state index < -0.39 is 180 Å². The quantitative estimate of drug-likeness (QED) is 0.0588. The largest absolute Gasteiger partial charge is 0.391 e. The highest BCUT2D eigenvalue weighted by Crippen LogP contribution is 2.26. The van der Waals surface area contributed by atoms with Gasteiger partial charge in [-0.05, 0) is 112 Å². The molecule has 120 heavy (non-hydrogen) atoms. The molecule has 2 aliphatic heterocycles. The fourth-order valence-corrected chi connectivity index (χ4v) is 15.5. The lowest BCUT2D eigenvalue weighted by molar-refractivity contribution is -0.153. The summed E-state index contributed by atoms with van der Waals surface area (Å²) >= 11 is 0. The van der Waals surface area contributed by atoms with Crippen LogP contribution in [0, 0.1) is 23.7 Å². The van der Waals surface area contributed by atoms with Crippen molar-refractivity contribution in [3.05, 3.63) is 144 Å². The van der Waals surface area contributed by atoms with Crippen molar-refractivity contribution >= 4 is 82.7 Å². The molecule has 29 nitrogen and oxygen atoms in total. The predicted molar refractivity (Wildman–Crippen MR) is 459 cm³/mol. The van der Waals surface area contributed by atoms with Crippen molar-refractivity contribution in [1.29, 1.82) is 0 Å². The van der Waals surface area contributed by atoms with Gasteiger partial charge < -0.3 is 75.4 Å². The zero-order chi connectivity index (χ0) is 89.4. The van der Waals surface area contributed by atoms with Crippen LogP contribution in [0.1, 0.15) is 157 Å². The predicted octanol–water partition coefficient (Wildman–Crippen LogP) is 5.38. The molecule has 0 aromatic heterocycles. The van der Waals surface area contributed by atoms with Crippen LogP contribution in [0.15, 0.2) is 121 Å². The van der Waals surface area contributed by atoms with Gasteiger partial charge in [-0.3, -0.25) is 67.1 Å². The van der Waals surface area contributed by atoms with E-state index in [1.54, 1.807) is 154 Å². The Kier molecular flexibility index (Phi) is 37.4. The molecule has 14 amide bonds. The van der Waals surface area contributed by atoms with Gasteiger partial charge in [-0.25, -0.2) is 0 Å². The van der Waals surface area contributed by atoms with E-state index in [4.69, 9.17) is 0 Å². The summed E-state index contributed by atoms with van der Waals surface area (Å²) in [6.45, 7) is 21.3. The van der Waals surface area contributed by atoms with Crippen LogP contribution in [0.4, 0.5) is 0 Å². The summed E-state index contributed by atoms with van der Waals surface area (Å²) in [7, 11) is 12.3. The maximum Gasteiger partial charge on any atom is 0.248 e. The molecule has 2 saturated heterocycles. The summed E-state index contributed by atoms with van der Waals surface area (Å²) in [5.74, 6) is -12.2. The Morgan fingerprint density at radius 1 is 0.442 bits per heavy atom. The molecule has 15 atom stereocenters. The van der Waals surface area contributed by atoms with Gasteiger partial charge in [0.2, 0.25) is 82.7 Å². The summed E-state index contributed by atoms with van der Waals surface area (Å²) < 4.78 is 0. The molecule has 2 fully saturated rings. The molecule has 4 aromatic carbocycles. The molecule has 0 saturated carbocycles. The van der Waals surface area contributed by atoms with Crippen molar-refractivity contribution in [2.45, 2.75) is 245 Å². The monoisotopic (exact) mass is 1660 g/mol. The lowest BCUT2D eigenvalue weighted by Gasteiger charge is -2.39. The molecule has 0 aliphatic carbocycles. The molecule has 4 aromatic rings. The zero-order valence-electron chi connectivity index (χ0n) is 74.5. The van der Waals surface area contributed by atoms with Gasteiger partial charge in [0.05, 0.1) is 12.5 Å². The van der Waals surface area contributed by atoms with Gasteiger partial charge in [-0.15, -0.1) is 0 Å². The number of hydrogen-bond donors (Lipinski definition) is 5. The minimum Gasteiger partial charge on any atom is -0.391 e. The number of aliphatic hydroxyl groups is 1. The molecule has 6 rings (SSSR count). The number of amides is 14.